The summed E-state index contributed by atoms with van der Waals surface area (Å²) in [5, 5.41) is 23.3. The largest absolute Gasteiger partial charge is 0.453 e. The van der Waals surface area contributed by atoms with Gasteiger partial charge in [0.05, 0.1) is 25.2 Å². The molecule has 12 nitrogen and oxygen atoms in total. The zero-order chi connectivity index (χ0) is 32.6. The van der Waals surface area contributed by atoms with E-state index in [0.29, 0.717) is 35.8 Å². The van der Waals surface area contributed by atoms with E-state index >= 15 is 0 Å². The number of ether oxygens (including phenoxy) is 1. The van der Waals surface area contributed by atoms with Crippen LogP contribution in [0.5, 0.6) is 0 Å². The second-order valence-electron chi connectivity index (χ2n) is 14.1. The molecule has 248 valence electrons. The van der Waals surface area contributed by atoms with Crippen LogP contribution in [0.2, 0.25) is 0 Å². The summed E-state index contributed by atoms with van der Waals surface area (Å²) in [6, 6.07) is 7.73. The van der Waals surface area contributed by atoms with Crippen molar-refractivity contribution in [2.45, 2.75) is 75.8 Å². The Morgan fingerprint density at radius 2 is 1.83 bits per heavy atom. The van der Waals surface area contributed by atoms with Crippen molar-refractivity contribution >= 4 is 29.5 Å². The third-order valence-corrected chi connectivity index (χ3v) is 11.0. The summed E-state index contributed by atoms with van der Waals surface area (Å²) < 4.78 is 6.47. The summed E-state index contributed by atoms with van der Waals surface area (Å²) in [6.45, 7) is 2.49. The number of amides is 4. The molecule has 0 radical (unpaired) electrons. The molecule has 4 amide bonds. The van der Waals surface area contributed by atoms with Gasteiger partial charge in [-0.05, 0) is 79.0 Å². The van der Waals surface area contributed by atoms with Crippen molar-refractivity contribution in [3.05, 3.63) is 47.8 Å². The molecule has 0 bridgehead atoms. The zero-order valence-corrected chi connectivity index (χ0v) is 27.0. The predicted molar refractivity (Wildman–Crippen MR) is 170 cm³/mol. The minimum Gasteiger partial charge on any atom is -0.453 e. The van der Waals surface area contributed by atoms with Crippen molar-refractivity contribution in [2.75, 3.05) is 32.1 Å². The normalized spacial score (nSPS) is 23.9. The molecule has 12 heteroatoms. The summed E-state index contributed by atoms with van der Waals surface area (Å²) in [7, 11) is 3.01. The van der Waals surface area contributed by atoms with Crippen LogP contribution in [-0.4, -0.2) is 82.5 Å². The number of aryl methyl sites for hydroxylation is 1. The molecular formula is C34H46N6O6. The smallest absolute Gasteiger partial charge is 0.409 e. The highest BCUT2D eigenvalue weighted by Gasteiger charge is 2.54. The molecule has 4 aliphatic rings. The lowest BCUT2D eigenvalue weighted by atomic mass is 9.66. The Balaban J connectivity index is 1.28. The molecule has 2 aromatic rings. The van der Waals surface area contributed by atoms with Crippen LogP contribution in [0, 0.1) is 23.2 Å². The van der Waals surface area contributed by atoms with Crippen molar-refractivity contribution in [3.8, 4) is 0 Å². The number of aromatic nitrogens is 2. The Kier molecular flexibility index (Phi) is 8.84. The van der Waals surface area contributed by atoms with Crippen LogP contribution >= 0.6 is 0 Å². The molecule has 4 N–H and O–H groups in total. The first-order chi connectivity index (χ1) is 22.1. The second-order valence-corrected chi connectivity index (χ2v) is 14.1. The number of methoxy groups -OCH3 is 1. The maximum atomic E-state index is 14.2. The van der Waals surface area contributed by atoms with Gasteiger partial charge in [-0.15, -0.1) is 0 Å². The van der Waals surface area contributed by atoms with Crippen LogP contribution in [0.1, 0.15) is 74.3 Å². The molecule has 46 heavy (non-hydrogen) atoms. The van der Waals surface area contributed by atoms with Crippen LogP contribution in [0.3, 0.4) is 0 Å². The molecule has 4 atom stereocenters. The first kappa shape index (κ1) is 32.0. The van der Waals surface area contributed by atoms with E-state index in [1.165, 1.54) is 16.7 Å². The molecular weight excluding hydrogens is 588 g/mol. The highest BCUT2D eigenvalue weighted by molar-refractivity contribution is 6.01. The average Bonchev–Trinajstić information content (AvgIpc) is 3.92. The summed E-state index contributed by atoms with van der Waals surface area (Å²) in [4.78, 5) is 55.7. The number of likely N-dealkylation sites (tertiary alicyclic amines) is 1. The van der Waals surface area contributed by atoms with Gasteiger partial charge in [-0.25, -0.2) is 4.79 Å². The van der Waals surface area contributed by atoms with Crippen LogP contribution < -0.4 is 16.0 Å². The minimum absolute atomic E-state index is 0.0139. The van der Waals surface area contributed by atoms with Crippen molar-refractivity contribution in [3.63, 3.8) is 0 Å². The summed E-state index contributed by atoms with van der Waals surface area (Å²) in [5.74, 6) is -0.331. The quantitative estimate of drug-likeness (QED) is 0.280. The van der Waals surface area contributed by atoms with Gasteiger partial charge >= 0.3 is 6.09 Å². The first-order valence-corrected chi connectivity index (χ1v) is 16.5. The standard InChI is InChI=1S/C34H46N6O6/c1-33(13-14-33)27(22-6-4-7-22)28(38-29(42)26-12-16-35-39(26)2)30(43)36-24-9-5-8-23(18-24)34(15-17-40(20-34)32(45)46-3)31(44)37-25(19-41)21-10-11-21/h5,8-9,12,16,18,21-22,25,27-28,41H,4,6-7,10-11,13-15,17,19-20H2,1-3H3,(H,36,43)(H,37,44)(H,38,42)/t25-,27?,28+,34?/m1/s1. The molecule has 3 saturated carbocycles. The van der Waals surface area contributed by atoms with Gasteiger partial charge < -0.3 is 30.7 Å². The predicted octanol–water partition coefficient (Wildman–Crippen LogP) is 2.97. The molecule has 3 aliphatic carbocycles. The fourth-order valence-corrected chi connectivity index (χ4v) is 7.58. The molecule has 2 unspecified atom stereocenters. The molecule has 1 saturated heterocycles. The number of anilines is 1. The fraction of sp³-hybridized carbons (Fsp3) is 0.618. The molecule has 1 aromatic heterocycles. The van der Waals surface area contributed by atoms with Crippen molar-refractivity contribution < 1.29 is 29.0 Å². The van der Waals surface area contributed by atoms with E-state index in [1.807, 2.05) is 6.07 Å². The molecule has 4 fully saturated rings. The molecule has 1 aliphatic heterocycles. The van der Waals surface area contributed by atoms with E-state index in [0.717, 1.165) is 44.9 Å². The lowest BCUT2D eigenvalue weighted by Gasteiger charge is -2.42. The van der Waals surface area contributed by atoms with Gasteiger partial charge in [0.25, 0.3) is 5.91 Å². The van der Waals surface area contributed by atoms with Crippen molar-refractivity contribution in [2.24, 2.45) is 30.2 Å². The average molecular weight is 635 g/mol. The number of hydrogen-bond acceptors (Lipinski definition) is 7. The van der Waals surface area contributed by atoms with E-state index < -0.39 is 17.6 Å². The maximum Gasteiger partial charge on any atom is 0.409 e. The number of benzene rings is 1. The molecule has 2 heterocycles. The Hall–Kier alpha value is -3.93. The van der Waals surface area contributed by atoms with E-state index in [2.05, 4.69) is 28.0 Å². The van der Waals surface area contributed by atoms with Crippen molar-refractivity contribution in [1.29, 1.82) is 0 Å². The molecule has 6 rings (SSSR count). The minimum atomic E-state index is -1.10. The van der Waals surface area contributed by atoms with Crippen LogP contribution in [0.4, 0.5) is 10.5 Å². The van der Waals surface area contributed by atoms with Gasteiger partial charge in [-0.2, -0.15) is 5.10 Å². The highest BCUT2D eigenvalue weighted by atomic mass is 16.5. The van der Waals surface area contributed by atoms with E-state index in [1.54, 1.807) is 37.5 Å². The topological polar surface area (TPSA) is 155 Å². The third-order valence-electron chi connectivity index (χ3n) is 11.0. The number of carbonyl (C=O) groups is 4. The van der Waals surface area contributed by atoms with E-state index in [9.17, 15) is 24.3 Å². The Labute approximate surface area is 269 Å². The number of carbonyl (C=O) groups excluding carboxylic acids is 4. The first-order valence-electron chi connectivity index (χ1n) is 16.5. The van der Waals surface area contributed by atoms with Gasteiger partial charge in [-0.3, -0.25) is 19.1 Å². The lowest BCUT2D eigenvalue weighted by molar-refractivity contribution is -0.127. The monoisotopic (exact) mass is 634 g/mol. The number of hydrogen-bond donors (Lipinski definition) is 4. The number of aliphatic hydroxyl groups excluding tert-OH is 1. The molecule has 0 spiro atoms. The third kappa shape index (κ3) is 6.23. The zero-order valence-electron chi connectivity index (χ0n) is 27.0. The summed E-state index contributed by atoms with van der Waals surface area (Å²) in [5.41, 5.74) is 0.412. The number of aliphatic hydroxyl groups is 1. The van der Waals surface area contributed by atoms with E-state index in [-0.39, 0.29) is 54.2 Å². The Bertz CT molecular complexity index is 1480. The van der Waals surface area contributed by atoms with Gasteiger partial charge in [0.2, 0.25) is 11.8 Å². The van der Waals surface area contributed by atoms with Gasteiger partial charge in [0, 0.05) is 32.0 Å². The Morgan fingerprint density at radius 3 is 2.41 bits per heavy atom. The van der Waals surface area contributed by atoms with Crippen LogP contribution in [0.15, 0.2) is 36.5 Å². The second kappa shape index (κ2) is 12.7. The SMILES string of the molecule is COC(=O)N1CCC(C(=O)N[C@H](CO)C2CC2)(c2cccc(NC(=O)[C@@H](NC(=O)c3ccnn3C)C(C3CCC3)C3(C)CC3)c2)C1. The van der Waals surface area contributed by atoms with Crippen LogP contribution in [0.25, 0.3) is 0 Å². The summed E-state index contributed by atoms with van der Waals surface area (Å²) >= 11 is 0. The summed E-state index contributed by atoms with van der Waals surface area (Å²) in [6.07, 6.45) is 8.52. The van der Waals surface area contributed by atoms with Gasteiger partial charge in [0.15, 0.2) is 0 Å². The van der Waals surface area contributed by atoms with Gasteiger partial charge in [0.1, 0.15) is 11.7 Å². The number of nitrogens with zero attached hydrogens (tertiary/aromatic N) is 3. The lowest BCUT2D eigenvalue weighted by Crippen LogP contribution is -2.54. The number of nitrogens with one attached hydrogen (secondary N) is 3. The molecule has 1 aromatic carbocycles. The fourth-order valence-electron chi connectivity index (χ4n) is 7.58. The highest BCUT2D eigenvalue weighted by Crippen LogP contribution is 2.58. The Morgan fingerprint density at radius 1 is 1.07 bits per heavy atom. The van der Waals surface area contributed by atoms with Crippen LogP contribution in [-0.2, 0) is 26.8 Å². The number of rotatable bonds is 12. The van der Waals surface area contributed by atoms with Gasteiger partial charge in [-0.1, -0.05) is 38.3 Å². The van der Waals surface area contributed by atoms with Crippen molar-refractivity contribution in [1.82, 2.24) is 25.3 Å². The van der Waals surface area contributed by atoms with E-state index in [4.69, 9.17) is 4.74 Å². The maximum absolute atomic E-state index is 14.2.